The Morgan fingerprint density at radius 2 is 1.91 bits per heavy atom. The molecular weight excluding hydrogens is 440 g/mol. The highest BCUT2D eigenvalue weighted by molar-refractivity contribution is 6.74. The van der Waals surface area contributed by atoms with Crippen molar-refractivity contribution in [2.45, 2.75) is 69.9 Å². The van der Waals surface area contributed by atoms with Crippen LogP contribution >= 0.6 is 0 Å². The highest BCUT2D eigenvalue weighted by Gasteiger charge is 2.51. The Bertz CT molecular complexity index is 906. The van der Waals surface area contributed by atoms with E-state index >= 15 is 0 Å². The molecule has 5 atom stereocenters. The van der Waals surface area contributed by atoms with Gasteiger partial charge in [0.1, 0.15) is 6.04 Å². The van der Waals surface area contributed by atoms with Crippen LogP contribution in [0.3, 0.4) is 0 Å². The lowest BCUT2D eigenvalue weighted by molar-refractivity contribution is -0.173. The summed E-state index contributed by atoms with van der Waals surface area (Å²) in [7, 11) is 1.24. The number of hydrogen-bond acceptors (Lipinski definition) is 4. The van der Waals surface area contributed by atoms with Crippen molar-refractivity contribution in [1.82, 2.24) is 9.96 Å². The lowest BCUT2D eigenvalue weighted by atomic mass is 9.78. The molecule has 5 nitrogen and oxygen atoms in total. The van der Waals surface area contributed by atoms with Gasteiger partial charge in [-0.15, -0.1) is 6.58 Å². The Kier molecular flexibility index (Phi) is 8.27. The van der Waals surface area contributed by atoms with E-state index in [2.05, 4.69) is 81.9 Å². The summed E-state index contributed by atoms with van der Waals surface area (Å²) in [5, 5.41) is 1.47. The predicted octanol–water partition coefficient (Wildman–Crippen LogP) is 5.89. The topological polar surface area (TPSA) is 42.0 Å². The Hall–Kier alpha value is -2.15. The van der Waals surface area contributed by atoms with E-state index in [1.54, 1.807) is 7.05 Å². The molecule has 1 heterocycles. The third-order valence-corrected chi connectivity index (χ3v) is 12.3. The highest BCUT2D eigenvalue weighted by Crippen LogP contribution is 2.45. The van der Waals surface area contributed by atoms with Crippen LogP contribution in [0.2, 0.25) is 18.1 Å². The van der Waals surface area contributed by atoms with Gasteiger partial charge in [0.25, 0.3) is 5.91 Å². The van der Waals surface area contributed by atoms with Crippen molar-refractivity contribution in [3.8, 4) is 0 Å². The summed E-state index contributed by atoms with van der Waals surface area (Å²) in [6, 6.07) is 10.1. The van der Waals surface area contributed by atoms with Crippen molar-refractivity contribution >= 4 is 20.3 Å². The molecule has 0 spiro atoms. The van der Waals surface area contributed by atoms with Gasteiger partial charge >= 0.3 is 0 Å². The van der Waals surface area contributed by atoms with E-state index in [-0.39, 0.29) is 41.0 Å². The molecule has 1 aromatic rings. The minimum Gasteiger partial charge on any atom is -0.410 e. The number of hydrogen-bond donors (Lipinski definition) is 0. The normalized spacial score (nSPS) is 27.1. The molecule has 1 aromatic carbocycles. The maximum atomic E-state index is 13.3. The van der Waals surface area contributed by atoms with Gasteiger partial charge in [-0.05, 0) is 42.6 Å². The quantitative estimate of drug-likeness (QED) is 0.263. The van der Waals surface area contributed by atoms with Crippen molar-refractivity contribution in [2.75, 3.05) is 14.2 Å². The van der Waals surface area contributed by atoms with Crippen LogP contribution in [0.15, 0.2) is 61.3 Å². The van der Waals surface area contributed by atoms with E-state index in [1.165, 1.54) is 12.2 Å². The molecule has 0 radical (unpaired) electrons. The molecule has 186 valence electrons. The number of nitrogens with zero attached hydrogens (tertiary/aromatic N) is 2. The fourth-order valence-electron chi connectivity index (χ4n) is 4.85. The molecule has 1 aliphatic heterocycles. The number of carbonyl (C=O) groups is 1. The average Bonchev–Trinajstić information content (AvgIpc) is 3.16. The predicted molar refractivity (Wildman–Crippen MR) is 142 cm³/mol. The van der Waals surface area contributed by atoms with Crippen molar-refractivity contribution in [3.05, 3.63) is 66.9 Å². The second-order valence-corrected chi connectivity index (χ2v) is 15.8. The highest BCUT2D eigenvalue weighted by atomic mass is 28.4. The largest absolute Gasteiger partial charge is 0.410 e. The fraction of sp³-hybridized carbons (Fsp3) is 0.536. The van der Waals surface area contributed by atoms with Crippen molar-refractivity contribution in [1.29, 1.82) is 0 Å². The molecule has 0 saturated carbocycles. The maximum absolute atomic E-state index is 13.3. The fourth-order valence-corrected chi connectivity index (χ4v) is 6.13. The molecule has 3 rings (SSSR count). The molecule has 6 heteroatoms. The molecule has 1 amide bonds. The summed E-state index contributed by atoms with van der Waals surface area (Å²) in [6.07, 6.45) is 12.3. The van der Waals surface area contributed by atoms with E-state index < -0.39 is 8.32 Å². The van der Waals surface area contributed by atoms with Gasteiger partial charge < -0.3 is 9.33 Å². The van der Waals surface area contributed by atoms with Crippen LogP contribution in [0.1, 0.15) is 39.2 Å². The van der Waals surface area contributed by atoms with Crippen LogP contribution in [0, 0.1) is 11.8 Å². The van der Waals surface area contributed by atoms with Gasteiger partial charge in [0.15, 0.2) is 8.32 Å². The second-order valence-electron chi connectivity index (χ2n) is 11.0. The number of allylic oxidation sites excluding steroid dienone is 1. The number of amides is 1. The first kappa shape index (κ1) is 26.5. The number of likely N-dealkylation sites (N-methyl/N-ethyl adjacent to an activating group) is 1. The Balaban J connectivity index is 1.98. The average molecular weight is 483 g/mol. The van der Waals surface area contributed by atoms with Crippen LogP contribution in [0.25, 0.3) is 6.08 Å². The van der Waals surface area contributed by atoms with Crippen LogP contribution in [0.4, 0.5) is 0 Å². The zero-order valence-corrected chi connectivity index (χ0v) is 22.9. The van der Waals surface area contributed by atoms with E-state index in [0.29, 0.717) is 0 Å². The van der Waals surface area contributed by atoms with Gasteiger partial charge in [-0.3, -0.25) is 9.63 Å². The first-order valence-corrected chi connectivity index (χ1v) is 15.2. The molecule has 34 heavy (non-hydrogen) atoms. The van der Waals surface area contributed by atoms with E-state index in [4.69, 9.17) is 9.26 Å². The zero-order valence-electron chi connectivity index (χ0n) is 21.9. The van der Waals surface area contributed by atoms with Crippen molar-refractivity contribution < 1.29 is 14.1 Å². The summed E-state index contributed by atoms with van der Waals surface area (Å²) in [6.45, 7) is 15.5. The number of likely N-dealkylation sites (tertiary alicyclic amines) is 1. The molecular formula is C28H42N2O3Si. The maximum Gasteiger partial charge on any atom is 0.268 e. The summed E-state index contributed by atoms with van der Waals surface area (Å²) in [5.41, 5.74) is 1.11. The molecule has 0 aromatic heterocycles. The lowest BCUT2D eigenvalue weighted by Crippen LogP contribution is -2.52. The van der Waals surface area contributed by atoms with Gasteiger partial charge in [0, 0.05) is 31.1 Å². The number of carbonyl (C=O) groups excluding carboxylic acids is 1. The molecule has 0 N–H and O–H groups in total. The molecule has 1 aliphatic carbocycles. The molecule has 1 saturated heterocycles. The van der Waals surface area contributed by atoms with Crippen LogP contribution < -0.4 is 0 Å². The molecule has 0 unspecified atom stereocenters. The van der Waals surface area contributed by atoms with E-state index in [9.17, 15) is 4.79 Å². The van der Waals surface area contributed by atoms with Gasteiger partial charge in [-0.2, -0.15) is 0 Å². The van der Waals surface area contributed by atoms with Crippen LogP contribution in [-0.2, 0) is 14.1 Å². The Morgan fingerprint density at radius 1 is 1.24 bits per heavy atom. The summed E-state index contributed by atoms with van der Waals surface area (Å²) < 4.78 is 6.93. The standard InChI is InChI=1S/C28H42N2O3Si/c1-9-13-23-25(33-34(7,8)28(2,3)4)17-16-22-20-24(27(31)29(5)32-6)30(26(22)23)19-18-21-14-11-10-12-15-21/h9-12,14-19,22-26H,1,13,20H2,2-8H3/b19-18+/t22-,23+,24-,25+,26-/m0/s1. The van der Waals surface area contributed by atoms with Gasteiger partial charge in [0.05, 0.1) is 13.2 Å². The monoisotopic (exact) mass is 482 g/mol. The Labute approximate surface area is 207 Å². The third-order valence-electron chi connectivity index (χ3n) is 7.83. The summed E-state index contributed by atoms with van der Waals surface area (Å²) in [4.78, 5) is 20.8. The zero-order chi connectivity index (χ0) is 25.1. The minimum atomic E-state index is -1.98. The van der Waals surface area contributed by atoms with Crippen LogP contribution in [0.5, 0.6) is 0 Å². The second kappa shape index (κ2) is 10.6. The molecule has 0 bridgehead atoms. The number of rotatable bonds is 8. The number of hydroxylamine groups is 2. The summed E-state index contributed by atoms with van der Waals surface area (Å²) >= 11 is 0. The van der Waals surface area contributed by atoms with Gasteiger partial charge in [-0.1, -0.05) is 69.3 Å². The van der Waals surface area contributed by atoms with Crippen molar-refractivity contribution in [3.63, 3.8) is 0 Å². The van der Waals surface area contributed by atoms with E-state index in [0.717, 1.165) is 18.4 Å². The SMILES string of the molecule is C=CC[C@H]1[C@@H]2[C@@H](C=C[C@H]1O[Si](C)(C)C(C)(C)C)C[C@@H](C(=O)N(C)OC)N2/C=C/c1ccccc1. The first-order chi connectivity index (χ1) is 16.0. The number of benzene rings is 1. The Morgan fingerprint density at radius 3 is 2.50 bits per heavy atom. The number of fused-ring (bicyclic) bond motifs is 1. The summed E-state index contributed by atoms with van der Waals surface area (Å²) in [5.74, 6) is 0.457. The van der Waals surface area contributed by atoms with Crippen molar-refractivity contribution in [2.24, 2.45) is 11.8 Å². The first-order valence-electron chi connectivity index (χ1n) is 12.3. The lowest BCUT2D eigenvalue weighted by Gasteiger charge is -2.45. The van der Waals surface area contributed by atoms with Gasteiger partial charge in [0.2, 0.25) is 0 Å². The third kappa shape index (κ3) is 5.56. The van der Waals surface area contributed by atoms with E-state index in [1.807, 2.05) is 24.3 Å². The van der Waals surface area contributed by atoms with Gasteiger partial charge in [-0.25, -0.2) is 5.06 Å². The minimum absolute atomic E-state index is 0.00164. The smallest absolute Gasteiger partial charge is 0.268 e. The molecule has 1 fully saturated rings. The van der Waals surface area contributed by atoms with Crippen LogP contribution in [-0.4, -0.2) is 56.5 Å². The molecule has 2 aliphatic rings.